The van der Waals surface area contributed by atoms with Gasteiger partial charge in [0.05, 0.1) is 6.61 Å². The minimum atomic E-state index is -0.992. The van der Waals surface area contributed by atoms with Crippen molar-refractivity contribution in [3.8, 4) is 0 Å². The SMILES string of the molecule is CCNC(=O)c1ccc(C)c(NC(=O)C2(N)CCOC2)c1. The van der Waals surface area contributed by atoms with Gasteiger partial charge >= 0.3 is 0 Å². The molecule has 2 amide bonds. The summed E-state index contributed by atoms with van der Waals surface area (Å²) in [7, 11) is 0. The van der Waals surface area contributed by atoms with Crippen molar-refractivity contribution in [2.24, 2.45) is 5.73 Å². The fourth-order valence-electron chi connectivity index (χ4n) is 2.17. The molecule has 2 rings (SSSR count). The minimum Gasteiger partial charge on any atom is -0.379 e. The largest absolute Gasteiger partial charge is 0.379 e. The standard InChI is InChI=1S/C15H21N3O3/c1-3-17-13(19)11-5-4-10(2)12(8-11)18-14(20)15(16)6-7-21-9-15/h4-5,8H,3,6-7,9,16H2,1-2H3,(H,17,19)(H,18,20). The number of carbonyl (C=O) groups is 2. The molecule has 6 nitrogen and oxygen atoms in total. The van der Waals surface area contributed by atoms with Crippen LogP contribution in [0, 0.1) is 6.92 Å². The third kappa shape index (κ3) is 3.40. The van der Waals surface area contributed by atoms with Gasteiger partial charge < -0.3 is 21.1 Å². The first-order chi connectivity index (χ1) is 9.96. The number of rotatable bonds is 4. The van der Waals surface area contributed by atoms with E-state index in [1.54, 1.807) is 18.2 Å². The summed E-state index contributed by atoms with van der Waals surface area (Å²) < 4.78 is 5.19. The highest BCUT2D eigenvalue weighted by Gasteiger charge is 2.38. The van der Waals surface area contributed by atoms with Crippen LogP contribution >= 0.6 is 0 Å². The molecule has 1 aromatic rings. The molecule has 114 valence electrons. The van der Waals surface area contributed by atoms with Gasteiger partial charge in [-0.15, -0.1) is 0 Å². The van der Waals surface area contributed by atoms with Crippen LogP contribution in [-0.4, -0.2) is 37.1 Å². The molecule has 1 aliphatic rings. The molecule has 4 N–H and O–H groups in total. The molecule has 1 heterocycles. The van der Waals surface area contributed by atoms with E-state index >= 15 is 0 Å². The number of nitrogens with one attached hydrogen (secondary N) is 2. The van der Waals surface area contributed by atoms with Gasteiger partial charge in [-0.1, -0.05) is 6.07 Å². The van der Waals surface area contributed by atoms with Crippen LogP contribution < -0.4 is 16.4 Å². The molecule has 21 heavy (non-hydrogen) atoms. The molecule has 1 aliphatic heterocycles. The zero-order chi connectivity index (χ0) is 15.5. The van der Waals surface area contributed by atoms with Crippen molar-refractivity contribution >= 4 is 17.5 Å². The number of hydrogen-bond acceptors (Lipinski definition) is 4. The molecule has 1 atom stereocenters. The van der Waals surface area contributed by atoms with Crippen LogP contribution in [-0.2, 0) is 9.53 Å². The lowest BCUT2D eigenvalue weighted by Crippen LogP contribution is -2.51. The average Bonchev–Trinajstić information content (AvgIpc) is 2.89. The molecule has 0 aliphatic carbocycles. The summed E-state index contributed by atoms with van der Waals surface area (Å²) in [5, 5.41) is 5.53. The molecular formula is C15H21N3O3. The summed E-state index contributed by atoms with van der Waals surface area (Å²) in [5.41, 5.74) is 7.02. The zero-order valence-corrected chi connectivity index (χ0v) is 12.4. The van der Waals surface area contributed by atoms with E-state index in [1.807, 2.05) is 13.8 Å². The highest BCUT2D eigenvalue weighted by Crippen LogP contribution is 2.21. The summed E-state index contributed by atoms with van der Waals surface area (Å²) in [5.74, 6) is -0.448. The van der Waals surface area contributed by atoms with E-state index in [2.05, 4.69) is 10.6 Å². The first-order valence-corrected chi connectivity index (χ1v) is 7.03. The van der Waals surface area contributed by atoms with E-state index < -0.39 is 5.54 Å². The molecular weight excluding hydrogens is 270 g/mol. The van der Waals surface area contributed by atoms with Crippen LogP contribution in [0.25, 0.3) is 0 Å². The number of anilines is 1. The van der Waals surface area contributed by atoms with E-state index in [-0.39, 0.29) is 18.4 Å². The second-order valence-electron chi connectivity index (χ2n) is 5.30. The van der Waals surface area contributed by atoms with E-state index in [0.29, 0.717) is 30.8 Å². The highest BCUT2D eigenvalue weighted by atomic mass is 16.5. The Kier molecular flexibility index (Phi) is 4.59. The van der Waals surface area contributed by atoms with Crippen LogP contribution in [0.3, 0.4) is 0 Å². The van der Waals surface area contributed by atoms with Crippen molar-refractivity contribution in [1.82, 2.24) is 5.32 Å². The summed E-state index contributed by atoms with van der Waals surface area (Å²) >= 11 is 0. The van der Waals surface area contributed by atoms with E-state index in [9.17, 15) is 9.59 Å². The summed E-state index contributed by atoms with van der Waals surface area (Å²) in [4.78, 5) is 24.1. The van der Waals surface area contributed by atoms with Gasteiger partial charge in [0.2, 0.25) is 5.91 Å². The Morgan fingerprint density at radius 2 is 2.19 bits per heavy atom. The zero-order valence-electron chi connectivity index (χ0n) is 12.4. The summed E-state index contributed by atoms with van der Waals surface area (Å²) in [6.07, 6.45) is 0.494. The molecule has 0 saturated carbocycles. The smallest absolute Gasteiger partial charge is 0.251 e. The molecule has 1 fully saturated rings. The monoisotopic (exact) mass is 291 g/mol. The quantitative estimate of drug-likeness (QED) is 0.765. The number of ether oxygens (including phenoxy) is 1. The molecule has 0 bridgehead atoms. The third-order valence-electron chi connectivity index (χ3n) is 3.59. The predicted octanol–water partition coefficient (Wildman–Crippen LogP) is 0.801. The third-order valence-corrected chi connectivity index (χ3v) is 3.59. The lowest BCUT2D eigenvalue weighted by Gasteiger charge is -2.21. The van der Waals surface area contributed by atoms with Crippen molar-refractivity contribution in [1.29, 1.82) is 0 Å². The Morgan fingerprint density at radius 1 is 1.43 bits per heavy atom. The minimum absolute atomic E-state index is 0.167. The van der Waals surface area contributed by atoms with Crippen LogP contribution in [0.1, 0.15) is 29.3 Å². The first kappa shape index (κ1) is 15.5. The molecule has 6 heteroatoms. The lowest BCUT2D eigenvalue weighted by molar-refractivity contribution is -0.121. The van der Waals surface area contributed by atoms with Crippen LogP contribution in [0.5, 0.6) is 0 Å². The van der Waals surface area contributed by atoms with Gasteiger partial charge in [-0.2, -0.15) is 0 Å². The Morgan fingerprint density at radius 3 is 2.81 bits per heavy atom. The van der Waals surface area contributed by atoms with Crippen LogP contribution in [0.15, 0.2) is 18.2 Å². The molecule has 1 unspecified atom stereocenters. The summed E-state index contributed by atoms with van der Waals surface area (Å²) in [6, 6.07) is 5.19. The Bertz CT molecular complexity index is 551. The van der Waals surface area contributed by atoms with E-state index in [4.69, 9.17) is 10.5 Å². The average molecular weight is 291 g/mol. The molecule has 0 spiro atoms. The number of carbonyl (C=O) groups excluding carboxylic acids is 2. The lowest BCUT2D eigenvalue weighted by atomic mass is 9.98. The topological polar surface area (TPSA) is 93.5 Å². The van der Waals surface area contributed by atoms with E-state index in [1.165, 1.54) is 0 Å². The second-order valence-corrected chi connectivity index (χ2v) is 5.30. The van der Waals surface area contributed by atoms with Gasteiger partial charge in [0.15, 0.2) is 0 Å². The normalized spacial score (nSPS) is 21.1. The van der Waals surface area contributed by atoms with Gasteiger partial charge in [-0.05, 0) is 38.0 Å². The Labute approximate surface area is 124 Å². The molecule has 1 saturated heterocycles. The van der Waals surface area contributed by atoms with Crippen molar-refractivity contribution in [2.45, 2.75) is 25.8 Å². The van der Waals surface area contributed by atoms with Gasteiger partial charge in [0.1, 0.15) is 5.54 Å². The second kappa shape index (κ2) is 6.24. The molecule has 0 aromatic heterocycles. The van der Waals surface area contributed by atoms with E-state index in [0.717, 1.165) is 5.56 Å². The fraction of sp³-hybridized carbons (Fsp3) is 0.467. The number of aryl methyl sites for hydroxylation is 1. The maximum absolute atomic E-state index is 12.3. The molecule has 0 radical (unpaired) electrons. The number of nitrogens with two attached hydrogens (primary N) is 1. The fourth-order valence-corrected chi connectivity index (χ4v) is 2.17. The predicted molar refractivity (Wildman–Crippen MR) is 80.2 cm³/mol. The van der Waals surface area contributed by atoms with Gasteiger partial charge in [0, 0.05) is 24.4 Å². The van der Waals surface area contributed by atoms with Crippen molar-refractivity contribution in [2.75, 3.05) is 25.1 Å². The maximum Gasteiger partial charge on any atom is 0.251 e. The number of amides is 2. The van der Waals surface area contributed by atoms with Gasteiger partial charge in [-0.25, -0.2) is 0 Å². The van der Waals surface area contributed by atoms with Gasteiger partial charge in [-0.3, -0.25) is 9.59 Å². The maximum atomic E-state index is 12.3. The summed E-state index contributed by atoms with van der Waals surface area (Å²) in [6.45, 7) is 4.98. The number of hydrogen-bond donors (Lipinski definition) is 3. The van der Waals surface area contributed by atoms with Crippen LogP contribution in [0.4, 0.5) is 5.69 Å². The number of benzene rings is 1. The first-order valence-electron chi connectivity index (χ1n) is 7.03. The Balaban J connectivity index is 2.17. The van der Waals surface area contributed by atoms with Crippen LogP contribution in [0.2, 0.25) is 0 Å². The van der Waals surface area contributed by atoms with Crippen molar-refractivity contribution in [3.63, 3.8) is 0 Å². The highest BCUT2D eigenvalue weighted by molar-refractivity contribution is 6.01. The Hall–Kier alpha value is -1.92. The van der Waals surface area contributed by atoms with Crippen molar-refractivity contribution in [3.05, 3.63) is 29.3 Å². The van der Waals surface area contributed by atoms with Crippen molar-refractivity contribution < 1.29 is 14.3 Å². The van der Waals surface area contributed by atoms with Gasteiger partial charge in [0.25, 0.3) is 5.91 Å². The molecule has 1 aromatic carbocycles.